The Morgan fingerprint density at radius 1 is 1.39 bits per heavy atom. The fourth-order valence-corrected chi connectivity index (χ4v) is 3.57. The molecule has 3 heterocycles. The first-order chi connectivity index (χ1) is 11.1. The van der Waals surface area contributed by atoms with E-state index < -0.39 is 0 Å². The van der Waals surface area contributed by atoms with Gasteiger partial charge in [-0.3, -0.25) is 9.59 Å². The number of aromatic nitrogens is 2. The molecule has 0 bridgehead atoms. The number of hydrogen-bond donors (Lipinski definition) is 1. The predicted octanol–water partition coefficient (Wildman–Crippen LogP) is 1.26. The Bertz CT molecular complexity index is 640. The number of hydrogen-bond acceptors (Lipinski definition) is 4. The molecule has 1 unspecified atom stereocenters. The second kappa shape index (κ2) is 6.83. The van der Waals surface area contributed by atoms with Gasteiger partial charge >= 0.3 is 0 Å². The number of likely N-dealkylation sites (N-methyl/N-ethyl adjacent to an activating group) is 1. The summed E-state index contributed by atoms with van der Waals surface area (Å²) < 4.78 is 0. The molecule has 0 aromatic carbocycles. The summed E-state index contributed by atoms with van der Waals surface area (Å²) in [5.74, 6) is 1.15. The molecule has 2 aliphatic heterocycles. The molecule has 1 atom stereocenters. The van der Waals surface area contributed by atoms with Crippen LogP contribution in [0.5, 0.6) is 0 Å². The quantitative estimate of drug-likeness (QED) is 0.911. The van der Waals surface area contributed by atoms with Crippen molar-refractivity contribution in [3.8, 4) is 0 Å². The molecule has 1 aromatic heterocycles. The maximum atomic E-state index is 12.4. The fraction of sp³-hybridized carbons (Fsp3) is 0.706. The number of nitrogens with one attached hydrogen (secondary N) is 1. The molecule has 126 valence electrons. The molecule has 2 aliphatic rings. The third kappa shape index (κ3) is 3.47. The van der Waals surface area contributed by atoms with E-state index in [1.807, 2.05) is 18.9 Å². The van der Waals surface area contributed by atoms with E-state index in [9.17, 15) is 9.59 Å². The summed E-state index contributed by atoms with van der Waals surface area (Å²) in [7, 11) is 2.02. The molecule has 0 spiro atoms. The normalized spacial score (nSPS) is 22.0. The van der Waals surface area contributed by atoms with Crippen molar-refractivity contribution in [2.75, 3.05) is 26.7 Å². The molecular weight excluding hydrogens is 292 g/mol. The number of carbonyl (C=O) groups excluding carboxylic acids is 1. The molecule has 23 heavy (non-hydrogen) atoms. The maximum Gasteiger partial charge on any atom is 0.255 e. The number of carbonyl (C=O) groups is 1. The minimum absolute atomic E-state index is 0.00596. The summed E-state index contributed by atoms with van der Waals surface area (Å²) >= 11 is 0. The Kier molecular flexibility index (Phi) is 4.80. The molecule has 1 fully saturated rings. The average molecular weight is 318 g/mol. The number of likely N-dealkylation sites (tertiary alicyclic amines) is 1. The Labute approximate surface area is 136 Å². The molecule has 1 N–H and O–H groups in total. The van der Waals surface area contributed by atoms with Gasteiger partial charge in [-0.2, -0.15) is 0 Å². The van der Waals surface area contributed by atoms with Crippen LogP contribution in [0, 0.1) is 0 Å². The van der Waals surface area contributed by atoms with Gasteiger partial charge in [0.1, 0.15) is 5.82 Å². The highest BCUT2D eigenvalue weighted by Crippen LogP contribution is 2.25. The highest BCUT2D eigenvalue weighted by atomic mass is 16.2. The molecule has 1 aromatic rings. The van der Waals surface area contributed by atoms with E-state index >= 15 is 0 Å². The minimum Gasteiger partial charge on any atom is -0.342 e. The topological polar surface area (TPSA) is 69.3 Å². The van der Waals surface area contributed by atoms with Gasteiger partial charge in [0.15, 0.2) is 0 Å². The van der Waals surface area contributed by atoms with Gasteiger partial charge in [0.2, 0.25) is 5.91 Å². The first-order valence-electron chi connectivity index (χ1n) is 8.66. The fourth-order valence-electron chi connectivity index (χ4n) is 3.57. The number of rotatable bonds is 3. The molecule has 0 aliphatic carbocycles. The summed E-state index contributed by atoms with van der Waals surface area (Å²) in [6.07, 6.45) is 4.27. The second-order valence-electron chi connectivity index (χ2n) is 6.79. The number of amides is 1. The maximum absolute atomic E-state index is 12.4. The number of piperidine rings is 1. The van der Waals surface area contributed by atoms with Gasteiger partial charge in [0, 0.05) is 44.9 Å². The van der Waals surface area contributed by atoms with Gasteiger partial charge in [-0.1, -0.05) is 6.92 Å². The summed E-state index contributed by atoms with van der Waals surface area (Å²) in [6.45, 7) is 5.15. The predicted molar refractivity (Wildman–Crippen MR) is 88.4 cm³/mol. The SMILES string of the molecule is CCCC(=O)N1CCCC(c2nc3c(c(=O)[nH]2)CN(C)CC3)C1. The summed E-state index contributed by atoms with van der Waals surface area (Å²) in [5.41, 5.74) is 1.74. The van der Waals surface area contributed by atoms with Gasteiger partial charge in [-0.15, -0.1) is 0 Å². The van der Waals surface area contributed by atoms with Gasteiger partial charge in [-0.05, 0) is 26.3 Å². The van der Waals surface area contributed by atoms with E-state index in [4.69, 9.17) is 4.98 Å². The Balaban J connectivity index is 1.80. The van der Waals surface area contributed by atoms with E-state index in [0.29, 0.717) is 19.5 Å². The number of nitrogens with zero attached hydrogens (tertiary/aromatic N) is 3. The van der Waals surface area contributed by atoms with E-state index in [1.165, 1.54) is 0 Å². The van der Waals surface area contributed by atoms with Crippen LogP contribution in [0.15, 0.2) is 4.79 Å². The van der Waals surface area contributed by atoms with Gasteiger partial charge in [0.05, 0.1) is 11.3 Å². The van der Waals surface area contributed by atoms with Crippen LogP contribution in [0.4, 0.5) is 0 Å². The van der Waals surface area contributed by atoms with Crippen molar-refractivity contribution in [3.05, 3.63) is 27.4 Å². The molecular formula is C17H26N4O2. The van der Waals surface area contributed by atoms with Crippen LogP contribution >= 0.6 is 0 Å². The Morgan fingerprint density at radius 2 is 2.22 bits per heavy atom. The lowest BCUT2D eigenvalue weighted by Gasteiger charge is -2.33. The van der Waals surface area contributed by atoms with Crippen LogP contribution in [-0.2, 0) is 17.8 Å². The van der Waals surface area contributed by atoms with Crippen LogP contribution in [0.3, 0.4) is 0 Å². The van der Waals surface area contributed by atoms with E-state index in [0.717, 1.165) is 55.9 Å². The van der Waals surface area contributed by atoms with Gasteiger partial charge in [0.25, 0.3) is 5.56 Å². The summed E-state index contributed by atoms with van der Waals surface area (Å²) in [5, 5.41) is 0. The average Bonchev–Trinajstić information content (AvgIpc) is 2.56. The van der Waals surface area contributed by atoms with Crippen LogP contribution < -0.4 is 5.56 Å². The minimum atomic E-state index is -0.00596. The Hall–Kier alpha value is -1.69. The number of aromatic amines is 1. The Morgan fingerprint density at radius 3 is 3.00 bits per heavy atom. The highest BCUT2D eigenvalue weighted by Gasteiger charge is 2.27. The van der Waals surface area contributed by atoms with E-state index in [1.54, 1.807) is 0 Å². The standard InChI is InChI=1S/C17H26N4O2/c1-3-5-15(22)21-8-4-6-12(10-21)16-18-14-7-9-20(2)11-13(14)17(23)19-16/h12H,3-11H2,1-2H3,(H,18,19,23). The van der Waals surface area contributed by atoms with Gasteiger partial charge < -0.3 is 14.8 Å². The lowest BCUT2D eigenvalue weighted by atomic mass is 9.96. The van der Waals surface area contributed by atoms with E-state index in [-0.39, 0.29) is 17.4 Å². The zero-order valence-corrected chi connectivity index (χ0v) is 14.1. The molecule has 6 heteroatoms. The van der Waals surface area contributed by atoms with Crippen LogP contribution in [0.25, 0.3) is 0 Å². The molecule has 3 rings (SSSR count). The van der Waals surface area contributed by atoms with Crippen LogP contribution in [0.2, 0.25) is 0 Å². The number of fused-ring (bicyclic) bond motifs is 1. The van der Waals surface area contributed by atoms with Crippen molar-refractivity contribution >= 4 is 5.91 Å². The monoisotopic (exact) mass is 318 g/mol. The van der Waals surface area contributed by atoms with Crippen molar-refractivity contribution < 1.29 is 4.79 Å². The summed E-state index contributed by atoms with van der Waals surface area (Å²) in [4.78, 5) is 36.3. The molecule has 0 saturated carbocycles. The lowest BCUT2D eigenvalue weighted by molar-refractivity contribution is -0.132. The first-order valence-corrected chi connectivity index (χ1v) is 8.66. The van der Waals surface area contributed by atoms with E-state index in [2.05, 4.69) is 9.88 Å². The largest absolute Gasteiger partial charge is 0.342 e. The lowest BCUT2D eigenvalue weighted by Crippen LogP contribution is -2.40. The zero-order valence-electron chi connectivity index (χ0n) is 14.1. The van der Waals surface area contributed by atoms with Crippen LogP contribution in [-0.4, -0.2) is 52.4 Å². The second-order valence-corrected chi connectivity index (χ2v) is 6.79. The smallest absolute Gasteiger partial charge is 0.255 e. The third-order valence-corrected chi connectivity index (χ3v) is 4.90. The van der Waals surface area contributed by atoms with Crippen molar-refractivity contribution in [1.82, 2.24) is 19.8 Å². The molecule has 1 amide bonds. The third-order valence-electron chi connectivity index (χ3n) is 4.90. The zero-order chi connectivity index (χ0) is 16.4. The molecule has 1 saturated heterocycles. The van der Waals surface area contributed by atoms with Crippen molar-refractivity contribution in [2.45, 2.75) is 51.5 Å². The van der Waals surface area contributed by atoms with Crippen molar-refractivity contribution in [2.24, 2.45) is 0 Å². The van der Waals surface area contributed by atoms with Crippen LogP contribution in [0.1, 0.15) is 55.6 Å². The van der Waals surface area contributed by atoms with Gasteiger partial charge in [-0.25, -0.2) is 4.98 Å². The molecule has 6 nitrogen and oxygen atoms in total. The number of H-pyrrole nitrogens is 1. The highest BCUT2D eigenvalue weighted by molar-refractivity contribution is 5.76. The first kappa shape index (κ1) is 16.2. The molecule has 0 radical (unpaired) electrons. The summed E-state index contributed by atoms with van der Waals surface area (Å²) in [6, 6.07) is 0. The van der Waals surface area contributed by atoms with Crippen molar-refractivity contribution in [3.63, 3.8) is 0 Å². The van der Waals surface area contributed by atoms with Crippen molar-refractivity contribution in [1.29, 1.82) is 0 Å².